The van der Waals surface area contributed by atoms with Gasteiger partial charge in [-0.15, -0.1) is 0 Å². The fourth-order valence-corrected chi connectivity index (χ4v) is 2.24. The number of hydrogen-bond donors (Lipinski definition) is 1. The fourth-order valence-electron chi connectivity index (χ4n) is 2.24. The molecule has 1 heterocycles. The molecule has 0 radical (unpaired) electrons. The molecule has 1 aliphatic heterocycles. The van der Waals surface area contributed by atoms with Gasteiger partial charge < -0.3 is 14.7 Å². The van der Waals surface area contributed by atoms with Crippen LogP contribution in [0.25, 0.3) is 0 Å². The highest BCUT2D eigenvalue weighted by molar-refractivity contribution is 5.63. The number of anilines is 1. The van der Waals surface area contributed by atoms with Gasteiger partial charge in [0.15, 0.2) is 0 Å². The molecule has 2 rings (SSSR count). The monoisotopic (exact) mass is 277 g/mol. The topological polar surface area (TPSA) is 99.6 Å². The molecule has 1 fully saturated rings. The molecule has 1 aromatic rings. The summed E-state index contributed by atoms with van der Waals surface area (Å²) >= 11 is 0. The minimum atomic E-state index is -0.524. The van der Waals surface area contributed by atoms with Crippen molar-refractivity contribution in [2.75, 3.05) is 24.7 Å². The Hall–Kier alpha value is -2.17. The van der Waals surface area contributed by atoms with Crippen molar-refractivity contribution >= 4 is 11.4 Å². The van der Waals surface area contributed by atoms with E-state index in [0.29, 0.717) is 18.8 Å². The summed E-state index contributed by atoms with van der Waals surface area (Å²) in [5.41, 5.74) is 0.780. The molecule has 0 amide bonds. The number of benzene rings is 1. The first-order valence-electron chi connectivity index (χ1n) is 6.24. The summed E-state index contributed by atoms with van der Waals surface area (Å²) in [6.07, 6.45) is -0.312. The minimum absolute atomic E-state index is 0.0337. The normalized spacial score (nSPS) is 22.4. The number of morpholine rings is 1. The highest BCUT2D eigenvalue weighted by Crippen LogP contribution is 2.28. The molecule has 0 aromatic heterocycles. The Balaban J connectivity index is 2.36. The third kappa shape index (κ3) is 2.71. The number of hydrogen-bond acceptors (Lipinski definition) is 6. The van der Waals surface area contributed by atoms with E-state index < -0.39 is 4.92 Å². The number of nitro groups is 1. The largest absolute Gasteiger partial charge is 0.394 e. The van der Waals surface area contributed by atoms with Gasteiger partial charge in [0.2, 0.25) is 0 Å². The number of aliphatic hydroxyl groups is 1. The Morgan fingerprint density at radius 3 is 3.00 bits per heavy atom. The average molecular weight is 277 g/mol. The van der Waals surface area contributed by atoms with Gasteiger partial charge in [-0.2, -0.15) is 5.26 Å². The van der Waals surface area contributed by atoms with Crippen LogP contribution in [-0.4, -0.2) is 41.9 Å². The summed E-state index contributed by atoms with van der Waals surface area (Å²) in [7, 11) is 0. The van der Waals surface area contributed by atoms with Gasteiger partial charge in [0.25, 0.3) is 5.69 Å². The van der Waals surface area contributed by atoms with Crippen molar-refractivity contribution in [3.05, 3.63) is 33.9 Å². The zero-order chi connectivity index (χ0) is 14.7. The lowest BCUT2D eigenvalue weighted by Crippen LogP contribution is -2.49. The van der Waals surface area contributed by atoms with Crippen molar-refractivity contribution < 1.29 is 14.8 Å². The van der Waals surface area contributed by atoms with Crippen LogP contribution in [0.15, 0.2) is 18.2 Å². The van der Waals surface area contributed by atoms with Crippen LogP contribution in [0, 0.1) is 21.4 Å². The molecule has 106 valence electrons. The number of ether oxygens (including phenoxy) is 1. The number of non-ortho nitro benzene ring substituents is 1. The molecule has 1 N–H and O–H groups in total. The molecule has 2 atom stereocenters. The predicted octanol–water partition coefficient (Wildman–Crippen LogP) is 1.05. The van der Waals surface area contributed by atoms with Crippen molar-refractivity contribution in [3.63, 3.8) is 0 Å². The van der Waals surface area contributed by atoms with Crippen LogP contribution in [0.4, 0.5) is 11.4 Å². The molecular formula is C13H15N3O4. The molecule has 7 nitrogen and oxygen atoms in total. The second-order valence-electron chi connectivity index (χ2n) is 4.71. The Morgan fingerprint density at radius 2 is 2.40 bits per heavy atom. The van der Waals surface area contributed by atoms with E-state index in [1.807, 2.05) is 17.9 Å². The lowest BCUT2D eigenvalue weighted by atomic mass is 10.1. The maximum Gasteiger partial charge on any atom is 0.270 e. The van der Waals surface area contributed by atoms with Crippen LogP contribution in [0.3, 0.4) is 0 Å². The summed E-state index contributed by atoms with van der Waals surface area (Å²) < 4.78 is 5.44. The van der Waals surface area contributed by atoms with E-state index in [9.17, 15) is 20.5 Å². The van der Waals surface area contributed by atoms with Crippen molar-refractivity contribution in [2.45, 2.75) is 19.1 Å². The fraction of sp³-hybridized carbons (Fsp3) is 0.462. The second kappa shape index (κ2) is 5.86. The number of nitrogens with zero attached hydrogens (tertiary/aromatic N) is 3. The molecule has 0 saturated carbocycles. The van der Waals surface area contributed by atoms with Crippen LogP contribution in [-0.2, 0) is 4.74 Å². The average Bonchev–Trinajstić information content (AvgIpc) is 2.47. The molecule has 1 aliphatic rings. The third-order valence-corrected chi connectivity index (χ3v) is 3.33. The van der Waals surface area contributed by atoms with E-state index in [1.54, 1.807) is 6.07 Å². The summed E-state index contributed by atoms with van der Waals surface area (Å²) in [6, 6.07) is 6.25. The number of nitriles is 1. The zero-order valence-corrected chi connectivity index (χ0v) is 11.0. The lowest BCUT2D eigenvalue weighted by Gasteiger charge is -2.39. The van der Waals surface area contributed by atoms with Gasteiger partial charge in [0.1, 0.15) is 6.07 Å². The smallest absolute Gasteiger partial charge is 0.270 e. The van der Waals surface area contributed by atoms with Crippen molar-refractivity contribution in [2.24, 2.45) is 0 Å². The van der Waals surface area contributed by atoms with E-state index in [-0.39, 0.29) is 30.0 Å². The highest BCUT2D eigenvalue weighted by Gasteiger charge is 2.28. The van der Waals surface area contributed by atoms with Gasteiger partial charge in [-0.25, -0.2) is 0 Å². The van der Waals surface area contributed by atoms with Gasteiger partial charge in [0, 0.05) is 24.7 Å². The molecule has 20 heavy (non-hydrogen) atoms. The highest BCUT2D eigenvalue weighted by atomic mass is 16.6. The van der Waals surface area contributed by atoms with Crippen LogP contribution in [0.1, 0.15) is 12.5 Å². The van der Waals surface area contributed by atoms with E-state index in [1.165, 1.54) is 12.1 Å². The van der Waals surface area contributed by atoms with Gasteiger partial charge in [-0.05, 0) is 13.0 Å². The zero-order valence-electron chi connectivity index (χ0n) is 11.0. The standard InChI is InChI=1S/C13H15N3O4/c1-9-8-20-12(7-17)6-15(9)13-3-2-11(16(18)19)4-10(13)5-14/h2-4,9,12,17H,6-8H2,1H3. The SMILES string of the molecule is CC1COC(CO)CN1c1ccc([N+](=O)[O-])cc1C#N. The van der Waals surface area contributed by atoms with Gasteiger partial charge >= 0.3 is 0 Å². The van der Waals surface area contributed by atoms with Gasteiger partial charge in [-0.1, -0.05) is 0 Å². The number of rotatable bonds is 3. The van der Waals surface area contributed by atoms with Crippen LogP contribution >= 0.6 is 0 Å². The Kier molecular flexibility index (Phi) is 4.17. The Labute approximate surface area is 116 Å². The van der Waals surface area contributed by atoms with Crippen LogP contribution in [0.2, 0.25) is 0 Å². The summed E-state index contributed by atoms with van der Waals surface area (Å²) in [4.78, 5) is 12.2. The summed E-state index contributed by atoms with van der Waals surface area (Å²) in [6.45, 7) is 2.73. The number of aliphatic hydroxyl groups excluding tert-OH is 1. The predicted molar refractivity (Wildman–Crippen MR) is 71.4 cm³/mol. The summed E-state index contributed by atoms with van der Waals surface area (Å²) in [5.74, 6) is 0. The summed E-state index contributed by atoms with van der Waals surface area (Å²) in [5, 5.41) is 29.1. The Bertz CT molecular complexity index is 555. The van der Waals surface area contributed by atoms with Gasteiger partial charge in [0.05, 0.1) is 35.5 Å². The molecule has 1 saturated heterocycles. The third-order valence-electron chi connectivity index (χ3n) is 3.33. The van der Waals surface area contributed by atoms with Crippen molar-refractivity contribution in [3.8, 4) is 6.07 Å². The first kappa shape index (κ1) is 14.2. The van der Waals surface area contributed by atoms with Gasteiger partial charge in [-0.3, -0.25) is 10.1 Å². The molecule has 0 aliphatic carbocycles. The van der Waals surface area contributed by atoms with E-state index >= 15 is 0 Å². The lowest BCUT2D eigenvalue weighted by molar-refractivity contribution is -0.384. The van der Waals surface area contributed by atoms with Crippen molar-refractivity contribution in [1.29, 1.82) is 5.26 Å². The van der Waals surface area contributed by atoms with E-state index in [0.717, 1.165) is 0 Å². The molecule has 2 unspecified atom stereocenters. The Morgan fingerprint density at radius 1 is 1.65 bits per heavy atom. The minimum Gasteiger partial charge on any atom is -0.394 e. The maximum absolute atomic E-state index is 10.7. The number of nitro benzene ring substituents is 1. The van der Waals surface area contributed by atoms with Crippen molar-refractivity contribution in [1.82, 2.24) is 0 Å². The second-order valence-corrected chi connectivity index (χ2v) is 4.71. The van der Waals surface area contributed by atoms with Crippen LogP contribution < -0.4 is 4.90 Å². The van der Waals surface area contributed by atoms with Crippen LogP contribution in [0.5, 0.6) is 0 Å². The molecule has 0 spiro atoms. The molecule has 7 heteroatoms. The van der Waals surface area contributed by atoms with E-state index in [2.05, 4.69) is 0 Å². The quantitative estimate of drug-likeness (QED) is 0.655. The first-order valence-corrected chi connectivity index (χ1v) is 6.24. The molecule has 0 bridgehead atoms. The molecular weight excluding hydrogens is 262 g/mol. The molecule has 1 aromatic carbocycles. The first-order chi connectivity index (χ1) is 9.56. The maximum atomic E-state index is 10.7. The van der Waals surface area contributed by atoms with E-state index in [4.69, 9.17) is 4.74 Å².